The minimum atomic E-state index is -0.909. The summed E-state index contributed by atoms with van der Waals surface area (Å²) in [6.07, 6.45) is 9.95. The van der Waals surface area contributed by atoms with Crippen LogP contribution in [0.2, 0.25) is 0 Å². The van der Waals surface area contributed by atoms with Gasteiger partial charge in [0.15, 0.2) is 0 Å². The lowest BCUT2D eigenvalue weighted by molar-refractivity contribution is -0.134. The van der Waals surface area contributed by atoms with E-state index in [4.69, 9.17) is 15.1 Å². The molecule has 7 nitrogen and oxygen atoms in total. The normalized spacial score (nSPS) is 11.9. The van der Waals surface area contributed by atoms with Crippen molar-refractivity contribution < 1.29 is 9.90 Å². The van der Waals surface area contributed by atoms with E-state index in [9.17, 15) is 4.79 Å². The predicted molar refractivity (Wildman–Crippen MR) is 176 cm³/mol. The van der Waals surface area contributed by atoms with E-state index in [1.807, 2.05) is 72.8 Å². The molecule has 0 radical (unpaired) electrons. The molecule has 7 rings (SSSR count). The van der Waals surface area contributed by atoms with Gasteiger partial charge >= 0.3 is 5.97 Å². The molecular weight excluding hydrogens is 534 g/mol. The summed E-state index contributed by atoms with van der Waals surface area (Å²) in [5.41, 5.74) is 12.9. The quantitative estimate of drug-likeness (QED) is 0.164. The number of hydrogen-bond acceptors (Lipinski definition) is 4. The summed E-state index contributed by atoms with van der Waals surface area (Å²) < 4.78 is 0. The second-order valence-electron chi connectivity index (χ2n) is 10.4. The summed E-state index contributed by atoms with van der Waals surface area (Å²) in [6.45, 7) is 3.74. The summed E-state index contributed by atoms with van der Waals surface area (Å²) in [6, 6.07) is 28.3. The van der Waals surface area contributed by atoms with E-state index in [2.05, 4.69) is 64.3 Å². The Bertz CT molecular complexity index is 2110. The Hall–Kier alpha value is -5.95. The Balaban J connectivity index is 1.45. The predicted octanol–water partition coefficient (Wildman–Crippen LogP) is 8.13. The highest BCUT2D eigenvalue weighted by molar-refractivity contribution is 5.93. The van der Waals surface area contributed by atoms with Crippen molar-refractivity contribution in [2.75, 3.05) is 11.9 Å². The molecule has 43 heavy (non-hydrogen) atoms. The molecule has 0 spiro atoms. The SMILES string of the molecule is C=Cc1ccc(-c2c3nc(cc4ccc([nH]4)c(-c4ccc(NCC(=O)O)cc4)c4nc(cc5ccc2[nH]5)C=C4)C=C3)cc1. The molecule has 0 saturated heterocycles. The summed E-state index contributed by atoms with van der Waals surface area (Å²) in [5, 5.41) is 11.9. The Kier molecular flexibility index (Phi) is 6.52. The van der Waals surface area contributed by atoms with Crippen LogP contribution in [0.5, 0.6) is 0 Å². The van der Waals surface area contributed by atoms with Crippen LogP contribution in [0.4, 0.5) is 5.69 Å². The average molecular weight is 562 g/mol. The maximum atomic E-state index is 11.0. The largest absolute Gasteiger partial charge is 0.480 e. The number of carboxylic acid groups (broad SMARTS) is 1. The number of nitrogens with zero attached hydrogens (tertiary/aromatic N) is 2. The van der Waals surface area contributed by atoms with Gasteiger partial charge in [0, 0.05) is 38.9 Å². The van der Waals surface area contributed by atoms with E-state index in [0.717, 1.165) is 78.3 Å². The molecule has 2 aromatic carbocycles. The van der Waals surface area contributed by atoms with Crippen molar-refractivity contribution in [1.82, 2.24) is 19.9 Å². The van der Waals surface area contributed by atoms with E-state index in [-0.39, 0.29) is 6.54 Å². The van der Waals surface area contributed by atoms with Crippen molar-refractivity contribution in [3.05, 3.63) is 120 Å². The molecule has 8 bridgehead atoms. The van der Waals surface area contributed by atoms with Crippen molar-refractivity contribution in [1.29, 1.82) is 0 Å². The molecule has 4 N–H and O–H groups in total. The Morgan fingerprint density at radius 3 is 1.72 bits per heavy atom. The molecule has 0 atom stereocenters. The number of hydrogen-bond donors (Lipinski definition) is 4. The molecule has 0 saturated carbocycles. The maximum absolute atomic E-state index is 11.0. The van der Waals surface area contributed by atoms with Gasteiger partial charge in [-0.25, -0.2) is 9.97 Å². The number of aliphatic carboxylic acids is 1. The van der Waals surface area contributed by atoms with Crippen molar-refractivity contribution in [3.63, 3.8) is 0 Å². The summed E-state index contributed by atoms with van der Waals surface area (Å²) >= 11 is 0. The van der Waals surface area contributed by atoms with E-state index >= 15 is 0 Å². The molecule has 208 valence electrons. The molecule has 0 aliphatic carbocycles. The number of aromatic nitrogens is 4. The highest BCUT2D eigenvalue weighted by Gasteiger charge is 2.13. The zero-order valence-electron chi connectivity index (χ0n) is 23.1. The number of nitrogens with one attached hydrogen (secondary N) is 3. The number of aromatic amines is 2. The van der Waals surface area contributed by atoms with Crippen LogP contribution in [0.1, 0.15) is 28.3 Å². The van der Waals surface area contributed by atoms with E-state index < -0.39 is 5.97 Å². The molecule has 2 aliphatic rings. The van der Waals surface area contributed by atoms with E-state index in [1.165, 1.54) is 0 Å². The second-order valence-corrected chi connectivity index (χ2v) is 10.4. The van der Waals surface area contributed by atoms with Crippen molar-refractivity contribution >= 4 is 64.1 Å². The highest BCUT2D eigenvalue weighted by Crippen LogP contribution is 2.33. The zero-order chi connectivity index (χ0) is 29.3. The maximum Gasteiger partial charge on any atom is 0.322 e. The number of fused-ring (bicyclic) bond motifs is 8. The Morgan fingerprint density at radius 1 is 0.721 bits per heavy atom. The van der Waals surface area contributed by atoms with Crippen LogP contribution in [0.3, 0.4) is 0 Å². The van der Waals surface area contributed by atoms with Crippen LogP contribution in [-0.4, -0.2) is 37.6 Å². The smallest absolute Gasteiger partial charge is 0.322 e. The third-order valence-electron chi connectivity index (χ3n) is 7.45. The van der Waals surface area contributed by atoms with E-state index in [1.54, 1.807) is 0 Å². The van der Waals surface area contributed by atoms with Gasteiger partial charge in [0.25, 0.3) is 0 Å². The second kappa shape index (κ2) is 10.8. The number of carbonyl (C=O) groups is 1. The number of anilines is 1. The molecule has 5 aromatic rings. The molecule has 7 heteroatoms. The molecule has 0 amide bonds. The van der Waals surface area contributed by atoms with Crippen LogP contribution >= 0.6 is 0 Å². The first-order valence-electron chi connectivity index (χ1n) is 13.9. The van der Waals surface area contributed by atoms with Gasteiger partial charge in [0.05, 0.1) is 22.8 Å². The van der Waals surface area contributed by atoms with Crippen molar-refractivity contribution in [2.45, 2.75) is 0 Å². The molecular formula is C36H27N5O2. The third kappa shape index (κ3) is 5.27. The van der Waals surface area contributed by atoms with Crippen molar-refractivity contribution in [3.8, 4) is 22.3 Å². The monoisotopic (exact) mass is 561 g/mol. The third-order valence-corrected chi connectivity index (χ3v) is 7.45. The van der Waals surface area contributed by atoms with Gasteiger partial charge in [-0.2, -0.15) is 0 Å². The summed E-state index contributed by atoms with van der Waals surface area (Å²) in [4.78, 5) is 28.1. The number of benzene rings is 2. The first-order chi connectivity index (χ1) is 21.0. The summed E-state index contributed by atoms with van der Waals surface area (Å²) in [7, 11) is 0. The van der Waals surface area contributed by atoms with E-state index in [0.29, 0.717) is 0 Å². The Labute approximate surface area is 247 Å². The average Bonchev–Trinajstić information content (AvgIpc) is 3.84. The van der Waals surface area contributed by atoms with Gasteiger partial charge in [-0.1, -0.05) is 49.1 Å². The lowest BCUT2D eigenvalue weighted by Crippen LogP contribution is -2.11. The fourth-order valence-corrected chi connectivity index (χ4v) is 5.40. The molecule has 5 heterocycles. The molecule has 2 aliphatic heterocycles. The fraction of sp³-hybridized carbons (Fsp3) is 0.0278. The Morgan fingerprint density at radius 2 is 1.23 bits per heavy atom. The minimum absolute atomic E-state index is 0.145. The van der Waals surface area contributed by atoms with Gasteiger partial charge in [0.2, 0.25) is 0 Å². The summed E-state index contributed by atoms with van der Waals surface area (Å²) in [5.74, 6) is -0.909. The number of H-pyrrole nitrogens is 2. The van der Waals surface area contributed by atoms with Crippen LogP contribution in [-0.2, 0) is 4.79 Å². The lowest BCUT2D eigenvalue weighted by Gasteiger charge is -2.07. The zero-order valence-corrected chi connectivity index (χ0v) is 23.1. The van der Waals surface area contributed by atoms with Crippen LogP contribution in [0.25, 0.3) is 74.7 Å². The first-order valence-corrected chi connectivity index (χ1v) is 13.9. The topological polar surface area (TPSA) is 107 Å². The minimum Gasteiger partial charge on any atom is -0.480 e. The van der Waals surface area contributed by atoms with Crippen LogP contribution in [0.15, 0.2) is 91.5 Å². The van der Waals surface area contributed by atoms with Gasteiger partial charge < -0.3 is 20.4 Å². The lowest BCUT2D eigenvalue weighted by atomic mass is 10.0. The first kappa shape index (κ1) is 26.0. The number of rotatable bonds is 6. The van der Waals surface area contributed by atoms with Gasteiger partial charge in [-0.15, -0.1) is 0 Å². The highest BCUT2D eigenvalue weighted by atomic mass is 16.4. The van der Waals surface area contributed by atoms with Crippen molar-refractivity contribution in [2.24, 2.45) is 0 Å². The number of carboxylic acids is 1. The van der Waals surface area contributed by atoms with Crippen LogP contribution < -0.4 is 5.32 Å². The van der Waals surface area contributed by atoms with Gasteiger partial charge in [-0.05, 0) is 89.5 Å². The van der Waals surface area contributed by atoms with Crippen LogP contribution in [0, 0.1) is 0 Å². The molecule has 0 fully saturated rings. The van der Waals surface area contributed by atoms with Gasteiger partial charge in [0.1, 0.15) is 6.54 Å². The standard InChI is InChI=1S/C36H27N5O2/c1-2-22-3-5-23(6-4-22)35-30-15-11-26(38-30)19-28-13-17-32(40-28)36(24-7-9-25(10-8-24)37-21-34(42)43)33-18-14-29(41-33)20-27-12-16-31(35)39-27/h2-20,37-38,41H,1,21H2,(H,42,43). The molecule has 3 aromatic heterocycles. The molecule has 0 unspecified atom stereocenters. The fourth-order valence-electron chi connectivity index (χ4n) is 5.40. The van der Waals surface area contributed by atoms with Gasteiger partial charge in [-0.3, -0.25) is 4.79 Å².